The van der Waals surface area contributed by atoms with Crippen LogP contribution < -0.4 is 25.6 Å². The first-order valence-electron chi connectivity index (χ1n) is 20.2. The summed E-state index contributed by atoms with van der Waals surface area (Å²) >= 11 is 0. The second kappa shape index (κ2) is 14.8. The van der Waals surface area contributed by atoms with Crippen LogP contribution in [-0.4, -0.2) is 8.07 Å². The van der Waals surface area contributed by atoms with Gasteiger partial charge in [0.25, 0.3) is 0 Å². The van der Waals surface area contributed by atoms with Crippen LogP contribution in [0.4, 0.5) is 17.1 Å². The number of hydrogen-bond acceptors (Lipinski definition) is 1. The number of hydrogen-bond donors (Lipinski definition) is 0. The third-order valence-corrected chi connectivity index (χ3v) is 16.8. The van der Waals surface area contributed by atoms with Gasteiger partial charge in [-0.25, -0.2) is 0 Å². The zero-order valence-electron chi connectivity index (χ0n) is 32.8. The second-order valence-corrected chi connectivity index (χ2v) is 19.2. The Bertz CT molecular complexity index is 2720. The summed E-state index contributed by atoms with van der Waals surface area (Å²) in [5, 5.41) is 5.77. The lowest BCUT2D eigenvalue weighted by Gasteiger charge is -2.31. The molecule has 0 saturated heterocycles. The first-order valence-corrected chi connectivity index (χ1v) is 22.2. The van der Waals surface area contributed by atoms with Gasteiger partial charge in [-0.3, -0.25) is 0 Å². The zero-order valence-corrected chi connectivity index (χ0v) is 33.8. The fraction of sp³-hybridized carbons (Fsp3) is 0.0357. The van der Waals surface area contributed by atoms with E-state index in [1.54, 1.807) is 0 Å². The monoisotopic (exact) mass is 757 g/mol. The average molecular weight is 758 g/mol. The highest BCUT2D eigenvalue weighted by molar-refractivity contribution is 7.22. The van der Waals surface area contributed by atoms with Crippen LogP contribution in [0.2, 0.25) is 0 Å². The summed E-state index contributed by atoms with van der Waals surface area (Å²) in [7, 11) is -2.62. The Morgan fingerprint density at radius 2 is 0.672 bits per heavy atom. The Morgan fingerprint density at radius 3 is 1.16 bits per heavy atom. The first kappa shape index (κ1) is 35.4. The topological polar surface area (TPSA) is 3.24 Å². The van der Waals surface area contributed by atoms with Crippen LogP contribution in [0.3, 0.4) is 0 Å². The van der Waals surface area contributed by atoms with Crippen LogP contribution in [0.25, 0.3) is 44.5 Å². The lowest BCUT2D eigenvalue weighted by molar-refractivity contribution is 1.28. The molecule has 0 atom stereocenters. The van der Waals surface area contributed by atoms with Crippen molar-refractivity contribution in [3.8, 4) is 44.5 Å². The van der Waals surface area contributed by atoms with E-state index < -0.39 is 8.07 Å². The summed E-state index contributed by atoms with van der Waals surface area (Å²) in [4.78, 5) is 2.37. The zero-order chi connectivity index (χ0) is 39.1. The normalized spacial score (nSPS) is 12.4. The number of rotatable bonds is 8. The summed E-state index contributed by atoms with van der Waals surface area (Å²) in [5.74, 6) is 0. The first-order chi connectivity index (χ1) is 28.6. The highest BCUT2D eigenvalue weighted by Crippen LogP contribution is 2.40. The molecule has 2 heteroatoms. The number of benzene rings is 9. The van der Waals surface area contributed by atoms with Crippen LogP contribution in [0, 0.1) is 13.8 Å². The van der Waals surface area contributed by atoms with Crippen molar-refractivity contribution in [1.29, 1.82) is 0 Å². The van der Waals surface area contributed by atoms with Crippen LogP contribution >= 0.6 is 0 Å². The standard InChI is InChI=1S/C56H43NSi/c1-40-20-36-50(37-21-40)58(51-38-22-41(2)23-39-51)54-18-10-9-16-53(54)56-52(17-11-19-55(56)58)46-28-34-49(35-29-46)57(47-30-24-44(25-31-47)42-12-5-3-6-13-42)48-32-26-45(27-33-48)43-14-7-4-8-15-43/h3-39H,1-2H3. The smallest absolute Gasteiger partial charge is 0.180 e. The molecule has 276 valence electrons. The van der Waals surface area contributed by atoms with Gasteiger partial charge in [-0.2, -0.15) is 0 Å². The van der Waals surface area contributed by atoms with E-state index in [2.05, 4.69) is 243 Å². The number of nitrogens with zero attached hydrogens (tertiary/aromatic N) is 1. The molecule has 58 heavy (non-hydrogen) atoms. The highest BCUT2D eigenvalue weighted by atomic mass is 28.3. The van der Waals surface area contributed by atoms with Gasteiger partial charge in [0.05, 0.1) is 0 Å². The van der Waals surface area contributed by atoms with Crippen molar-refractivity contribution >= 4 is 45.9 Å². The van der Waals surface area contributed by atoms with Gasteiger partial charge in [0.2, 0.25) is 0 Å². The van der Waals surface area contributed by atoms with Gasteiger partial charge < -0.3 is 4.90 Å². The molecule has 9 aromatic carbocycles. The van der Waals surface area contributed by atoms with E-state index >= 15 is 0 Å². The van der Waals surface area contributed by atoms with Gasteiger partial charge in [-0.1, -0.05) is 199 Å². The van der Waals surface area contributed by atoms with E-state index in [1.165, 1.54) is 76.4 Å². The van der Waals surface area contributed by atoms with Crippen LogP contribution in [0.1, 0.15) is 11.1 Å². The summed E-state index contributed by atoms with van der Waals surface area (Å²) in [6.45, 7) is 4.37. The molecule has 0 saturated carbocycles. The van der Waals surface area contributed by atoms with Gasteiger partial charge in [0, 0.05) is 17.1 Å². The molecule has 1 nitrogen and oxygen atoms in total. The predicted octanol–water partition coefficient (Wildman–Crippen LogP) is 12.1. The minimum Gasteiger partial charge on any atom is -0.311 e. The van der Waals surface area contributed by atoms with Crippen LogP contribution in [0.5, 0.6) is 0 Å². The third kappa shape index (κ3) is 6.10. The van der Waals surface area contributed by atoms with Gasteiger partial charge in [-0.15, -0.1) is 0 Å². The molecule has 0 bridgehead atoms. The number of aryl methyl sites for hydroxylation is 2. The fourth-order valence-corrected chi connectivity index (χ4v) is 14.2. The van der Waals surface area contributed by atoms with E-state index in [1.807, 2.05) is 0 Å². The largest absolute Gasteiger partial charge is 0.311 e. The summed E-state index contributed by atoms with van der Waals surface area (Å²) in [5.41, 5.74) is 15.9. The van der Waals surface area contributed by atoms with Crippen molar-refractivity contribution in [3.05, 3.63) is 236 Å². The van der Waals surface area contributed by atoms with Crippen molar-refractivity contribution in [3.63, 3.8) is 0 Å². The predicted molar refractivity (Wildman–Crippen MR) is 250 cm³/mol. The Hall–Kier alpha value is -7.00. The Morgan fingerprint density at radius 1 is 0.293 bits per heavy atom. The van der Waals surface area contributed by atoms with E-state index in [9.17, 15) is 0 Å². The molecule has 1 aliphatic rings. The highest BCUT2D eigenvalue weighted by Gasteiger charge is 2.49. The molecule has 0 aromatic heterocycles. The maximum Gasteiger partial charge on any atom is 0.180 e. The summed E-state index contributed by atoms with van der Waals surface area (Å²) in [6, 6.07) is 83.2. The van der Waals surface area contributed by atoms with Gasteiger partial charge in [0.1, 0.15) is 0 Å². The minimum atomic E-state index is -2.62. The van der Waals surface area contributed by atoms with E-state index in [0.717, 1.165) is 17.1 Å². The maximum atomic E-state index is 2.42. The molecule has 1 aliphatic heterocycles. The van der Waals surface area contributed by atoms with Gasteiger partial charge >= 0.3 is 0 Å². The van der Waals surface area contributed by atoms with Crippen molar-refractivity contribution in [2.24, 2.45) is 0 Å². The maximum absolute atomic E-state index is 2.62. The number of anilines is 3. The summed E-state index contributed by atoms with van der Waals surface area (Å²) in [6.07, 6.45) is 0. The molecule has 0 aliphatic carbocycles. The van der Waals surface area contributed by atoms with Gasteiger partial charge in [-0.05, 0) is 116 Å². The molecule has 0 amide bonds. The van der Waals surface area contributed by atoms with E-state index in [-0.39, 0.29) is 0 Å². The van der Waals surface area contributed by atoms with E-state index in [4.69, 9.17) is 0 Å². The molecule has 0 fully saturated rings. The van der Waals surface area contributed by atoms with Gasteiger partial charge in [0.15, 0.2) is 8.07 Å². The lowest BCUT2D eigenvalue weighted by Crippen LogP contribution is -2.72. The Balaban J connectivity index is 1.10. The lowest BCUT2D eigenvalue weighted by atomic mass is 9.94. The Kier molecular flexibility index (Phi) is 9.05. The number of fused-ring (bicyclic) bond motifs is 3. The van der Waals surface area contributed by atoms with Crippen molar-refractivity contribution in [2.45, 2.75) is 13.8 Å². The molecule has 1 heterocycles. The molecule has 0 spiro atoms. The molecule has 0 radical (unpaired) electrons. The van der Waals surface area contributed by atoms with Crippen LogP contribution in [-0.2, 0) is 0 Å². The third-order valence-electron chi connectivity index (χ3n) is 11.9. The second-order valence-electron chi connectivity index (χ2n) is 15.5. The van der Waals surface area contributed by atoms with Crippen molar-refractivity contribution < 1.29 is 0 Å². The molecule has 9 aromatic rings. The Labute approximate surface area is 343 Å². The van der Waals surface area contributed by atoms with Crippen molar-refractivity contribution in [2.75, 3.05) is 4.90 Å². The summed E-state index contributed by atoms with van der Waals surface area (Å²) < 4.78 is 0. The molecule has 0 N–H and O–H groups in total. The quantitative estimate of drug-likeness (QED) is 0.140. The van der Waals surface area contributed by atoms with E-state index in [0.29, 0.717) is 0 Å². The molecular weight excluding hydrogens is 715 g/mol. The van der Waals surface area contributed by atoms with Crippen molar-refractivity contribution in [1.82, 2.24) is 0 Å². The minimum absolute atomic E-state index is 1.11. The average Bonchev–Trinajstić information content (AvgIpc) is 3.59. The molecule has 0 unspecified atom stereocenters. The molecular formula is C56H43NSi. The molecule has 10 rings (SSSR count). The fourth-order valence-electron chi connectivity index (χ4n) is 9.07. The SMILES string of the molecule is Cc1ccc([Si]2(c3ccc(C)cc3)c3ccccc3-c3c(-c4ccc(N(c5ccc(-c6ccccc6)cc5)c5ccc(-c6ccccc6)cc5)cc4)cccc32)cc1. The van der Waals surface area contributed by atoms with Crippen LogP contribution in [0.15, 0.2) is 224 Å².